The molecule has 1 aliphatic rings. The molecule has 1 nitrogen and oxygen atoms in total. The minimum absolute atomic E-state index is 0.266. The molecule has 2 heteroatoms. The maximum Gasteiger partial charge on any atom is 0.0301 e. The Bertz CT molecular complexity index is 283. The molecular formula is C9H10BrN. The van der Waals surface area contributed by atoms with Crippen molar-refractivity contribution in [1.29, 1.82) is 0 Å². The van der Waals surface area contributed by atoms with Crippen LogP contribution in [0.25, 0.3) is 0 Å². The van der Waals surface area contributed by atoms with Gasteiger partial charge in [-0.15, -0.1) is 0 Å². The summed E-state index contributed by atoms with van der Waals surface area (Å²) in [5.41, 5.74) is 8.62. The minimum atomic E-state index is 0.266. The molecule has 0 amide bonds. The third-order valence-electron chi connectivity index (χ3n) is 2.26. The molecule has 0 bridgehead atoms. The number of halogens is 1. The van der Waals surface area contributed by atoms with Gasteiger partial charge in [-0.3, -0.25) is 0 Å². The van der Waals surface area contributed by atoms with Crippen LogP contribution in [0.1, 0.15) is 23.6 Å². The summed E-state index contributed by atoms with van der Waals surface area (Å²) in [5, 5.41) is 0. The lowest BCUT2D eigenvalue weighted by Crippen LogP contribution is -2.04. The van der Waals surface area contributed by atoms with Crippen LogP contribution in [0.2, 0.25) is 0 Å². The first-order valence-corrected chi connectivity index (χ1v) is 4.61. The summed E-state index contributed by atoms with van der Waals surface area (Å²) in [7, 11) is 0. The van der Waals surface area contributed by atoms with E-state index in [2.05, 4.69) is 28.1 Å². The van der Waals surface area contributed by atoms with Gasteiger partial charge in [-0.25, -0.2) is 0 Å². The van der Waals surface area contributed by atoms with Crippen LogP contribution in [0, 0.1) is 0 Å². The minimum Gasteiger partial charge on any atom is -0.324 e. The lowest BCUT2D eigenvalue weighted by Gasteiger charge is -2.04. The molecule has 11 heavy (non-hydrogen) atoms. The zero-order valence-electron chi connectivity index (χ0n) is 6.18. The Labute approximate surface area is 74.7 Å². The largest absolute Gasteiger partial charge is 0.324 e. The van der Waals surface area contributed by atoms with E-state index in [-0.39, 0.29) is 6.04 Å². The molecule has 1 atom stereocenters. The molecule has 2 rings (SSSR count). The Morgan fingerprint density at radius 2 is 2.27 bits per heavy atom. The number of hydrogen-bond acceptors (Lipinski definition) is 1. The molecule has 0 fully saturated rings. The fourth-order valence-corrected chi connectivity index (χ4v) is 2.22. The van der Waals surface area contributed by atoms with Gasteiger partial charge in [0.1, 0.15) is 0 Å². The molecule has 2 N–H and O–H groups in total. The molecule has 0 spiro atoms. The lowest BCUT2D eigenvalue weighted by atomic mass is 10.1. The second-order valence-electron chi connectivity index (χ2n) is 2.95. The zero-order chi connectivity index (χ0) is 7.84. The summed E-state index contributed by atoms with van der Waals surface area (Å²) in [6, 6.07) is 6.52. The van der Waals surface area contributed by atoms with E-state index in [4.69, 9.17) is 5.73 Å². The van der Waals surface area contributed by atoms with Gasteiger partial charge in [0.2, 0.25) is 0 Å². The summed E-state index contributed by atoms with van der Waals surface area (Å²) in [5.74, 6) is 0. The van der Waals surface area contributed by atoms with Crippen LogP contribution in [-0.2, 0) is 6.42 Å². The van der Waals surface area contributed by atoms with Gasteiger partial charge >= 0.3 is 0 Å². The molecule has 0 unspecified atom stereocenters. The van der Waals surface area contributed by atoms with Gasteiger partial charge in [0.15, 0.2) is 0 Å². The van der Waals surface area contributed by atoms with Crippen LogP contribution < -0.4 is 5.73 Å². The summed E-state index contributed by atoms with van der Waals surface area (Å²) in [6.45, 7) is 0. The Balaban J connectivity index is 2.57. The summed E-state index contributed by atoms with van der Waals surface area (Å²) >= 11 is 3.52. The van der Waals surface area contributed by atoms with Crippen LogP contribution in [-0.4, -0.2) is 0 Å². The fourth-order valence-electron chi connectivity index (χ4n) is 1.64. The normalized spacial score (nSPS) is 21.8. The Morgan fingerprint density at radius 3 is 3.00 bits per heavy atom. The van der Waals surface area contributed by atoms with Crippen molar-refractivity contribution >= 4 is 15.9 Å². The van der Waals surface area contributed by atoms with E-state index >= 15 is 0 Å². The van der Waals surface area contributed by atoms with Crippen molar-refractivity contribution in [3.8, 4) is 0 Å². The molecule has 0 saturated carbocycles. The van der Waals surface area contributed by atoms with Gasteiger partial charge in [0.25, 0.3) is 0 Å². The summed E-state index contributed by atoms with van der Waals surface area (Å²) < 4.78 is 1.21. The van der Waals surface area contributed by atoms with Gasteiger partial charge in [-0.2, -0.15) is 0 Å². The predicted octanol–water partition coefficient (Wildman–Crippen LogP) is 2.40. The topological polar surface area (TPSA) is 26.0 Å². The van der Waals surface area contributed by atoms with E-state index in [0.717, 1.165) is 12.8 Å². The first-order chi connectivity index (χ1) is 5.29. The Kier molecular flexibility index (Phi) is 1.74. The van der Waals surface area contributed by atoms with Gasteiger partial charge in [0, 0.05) is 10.5 Å². The van der Waals surface area contributed by atoms with E-state index in [1.807, 2.05) is 6.07 Å². The molecule has 0 radical (unpaired) electrons. The van der Waals surface area contributed by atoms with Crippen LogP contribution in [0.4, 0.5) is 0 Å². The molecule has 0 heterocycles. The van der Waals surface area contributed by atoms with Crippen LogP contribution in [0.3, 0.4) is 0 Å². The fraction of sp³-hybridized carbons (Fsp3) is 0.333. The number of nitrogens with two attached hydrogens (primary N) is 1. The third kappa shape index (κ3) is 1.10. The van der Waals surface area contributed by atoms with Crippen molar-refractivity contribution in [2.45, 2.75) is 18.9 Å². The highest BCUT2D eigenvalue weighted by Gasteiger charge is 2.19. The SMILES string of the molecule is N[C@H]1CCc2c(Br)cccc21. The highest BCUT2D eigenvalue weighted by Crippen LogP contribution is 2.33. The quantitative estimate of drug-likeness (QED) is 0.702. The summed E-state index contributed by atoms with van der Waals surface area (Å²) in [6.07, 6.45) is 2.22. The predicted molar refractivity (Wildman–Crippen MR) is 49.4 cm³/mol. The molecule has 0 aliphatic heterocycles. The van der Waals surface area contributed by atoms with Crippen LogP contribution >= 0.6 is 15.9 Å². The number of fused-ring (bicyclic) bond motifs is 1. The molecule has 1 aromatic rings. The van der Waals surface area contributed by atoms with Crippen LogP contribution in [0.5, 0.6) is 0 Å². The summed E-state index contributed by atoms with van der Waals surface area (Å²) in [4.78, 5) is 0. The number of benzene rings is 1. The zero-order valence-corrected chi connectivity index (χ0v) is 7.76. The van der Waals surface area contributed by atoms with E-state index in [0.29, 0.717) is 0 Å². The first kappa shape index (κ1) is 7.32. The highest BCUT2D eigenvalue weighted by molar-refractivity contribution is 9.10. The second-order valence-corrected chi connectivity index (χ2v) is 3.81. The van der Waals surface area contributed by atoms with Gasteiger partial charge in [-0.05, 0) is 30.0 Å². The Hall–Kier alpha value is -0.340. The van der Waals surface area contributed by atoms with Crippen molar-refractivity contribution in [3.05, 3.63) is 33.8 Å². The molecule has 0 aromatic heterocycles. The van der Waals surface area contributed by atoms with Crippen LogP contribution in [0.15, 0.2) is 22.7 Å². The monoisotopic (exact) mass is 211 g/mol. The third-order valence-corrected chi connectivity index (χ3v) is 3.00. The van der Waals surface area contributed by atoms with Gasteiger partial charge in [0.05, 0.1) is 0 Å². The molecule has 1 aliphatic carbocycles. The average Bonchev–Trinajstić information content (AvgIpc) is 2.35. The van der Waals surface area contributed by atoms with Crippen molar-refractivity contribution in [3.63, 3.8) is 0 Å². The standard InChI is InChI=1S/C9H10BrN/c10-8-3-1-2-7-6(8)4-5-9(7)11/h1-3,9H,4-5,11H2/t9-/m0/s1. The molecule has 58 valence electrons. The average molecular weight is 212 g/mol. The van der Waals surface area contributed by atoms with E-state index in [9.17, 15) is 0 Å². The maximum atomic E-state index is 5.89. The molecular weight excluding hydrogens is 202 g/mol. The number of rotatable bonds is 0. The molecule has 0 saturated heterocycles. The Morgan fingerprint density at radius 1 is 1.45 bits per heavy atom. The van der Waals surface area contributed by atoms with Crippen molar-refractivity contribution in [2.24, 2.45) is 5.73 Å². The molecule has 1 aromatic carbocycles. The van der Waals surface area contributed by atoms with Gasteiger partial charge in [-0.1, -0.05) is 28.1 Å². The lowest BCUT2D eigenvalue weighted by molar-refractivity contribution is 0.713. The van der Waals surface area contributed by atoms with Crippen molar-refractivity contribution in [2.75, 3.05) is 0 Å². The maximum absolute atomic E-state index is 5.89. The van der Waals surface area contributed by atoms with E-state index in [1.54, 1.807) is 0 Å². The number of hydrogen-bond donors (Lipinski definition) is 1. The van der Waals surface area contributed by atoms with Gasteiger partial charge < -0.3 is 5.73 Å². The van der Waals surface area contributed by atoms with E-state index < -0.39 is 0 Å². The van der Waals surface area contributed by atoms with Crippen molar-refractivity contribution < 1.29 is 0 Å². The highest BCUT2D eigenvalue weighted by atomic mass is 79.9. The first-order valence-electron chi connectivity index (χ1n) is 3.82. The smallest absolute Gasteiger partial charge is 0.0301 e. The van der Waals surface area contributed by atoms with Crippen molar-refractivity contribution in [1.82, 2.24) is 0 Å². The van der Waals surface area contributed by atoms with E-state index in [1.165, 1.54) is 15.6 Å². The second kappa shape index (κ2) is 2.61.